The zero-order chi connectivity index (χ0) is 11.8. The standard InChI is InChI=1S/C14H13NOS/c1-9(16)10-2-4-11(5-3-10)13-8-17-14(15-13)12-6-7-12/h2-5,8,12H,6-7H2,1H3. The minimum atomic E-state index is 0.105. The van der Waals surface area contributed by atoms with Crippen LogP contribution < -0.4 is 0 Å². The van der Waals surface area contributed by atoms with Gasteiger partial charge < -0.3 is 0 Å². The van der Waals surface area contributed by atoms with Gasteiger partial charge in [-0.1, -0.05) is 24.3 Å². The van der Waals surface area contributed by atoms with Crippen LogP contribution in [0.5, 0.6) is 0 Å². The van der Waals surface area contributed by atoms with Crippen molar-refractivity contribution >= 4 is 17.1 Å². The fraction of sp³-hybridized carbons (Fsp3) is 0.286. The minimum absolute atomic E-state index is 0.105. The van der Waals surface area contributed by atoms with E-state index in [4.69, 9.17) is 0 Å². The average molecular weight is 243 g/mol. The van der Waals surface area contributed by atoms with Gasteiger partial charge in [-0.05, 0) is 19.8 Å². The lowest BCUT2D eigenvalue weighted by Gasteiger charge is -1.98. The highest BCUT2D eigenvalue weighted by Crippen LogP contribution is 2.42. The van der Waals surface area contributed by atoms with Gasteiger partial charge >= 0.3 is 0 Å². The van der Waals surface area contributed by atoms with Crippen LogP contribution in [0.15, 0.2) is 29.6 Å². The molecular formula is C14H13NOS. The molecule has 1 saturated carbocycles. The van der Waals surface area contributed by atoms with Crippen molar-refractivity contribution < 1.29 is 4.79 Å². The van der Waals surface area contributed by atoms with Crippen LogP contribution in [0.2, 0.25) is 0 Å². The predicted octanol–water partition coefficient (Wildman–Crippen LogP) is 3.89. The van der Waals surface area contributed by atoms with Crippen molar-refractivity contribution in [1.82, 2.24) is 4.98 Å². The Labute approximate surface area is 104 Å². The maximum Gasteiger partial charge on any atom is 0.159 e. The molecule has 0 N–H and O–H groups in total. The number of Topliss-reactive ketones (excluding diaryl/α,β-unsaturated/α-hetero) is 1. The number of ketones is 1. The Morgan fingerprint density at radius 2 is 2.00 bits per heavy atom. The second kappa shape index (κ2) is 4.08. The molecule has 0 atom stereocenters. The molecular weight excluding hydrogens is 230 g/mol. The zero-order valence-corrected chi connectivity index (χ0v) is 10.5. The van der Waals surface area contributed by atoms with E-state index in [-0.39, 0.29) is 5.78 Å². The molecule has 3 rings (SSSR count). The molecule has 1 aromatic heterocycles. The first-order chi connectivity index (χ1) is 8.24. The van der Waals surface area contributed by atoms with Gasteiger partial charge in [0.25, 0.3) is 0 Å². The Morgan fingerprint density at radius 3 is 2.59 bits per heavy atom. The van der Waals surface area contributed by atoms with Crippen LogP contribution in [0.3, 0.4) is 0 Å². The summed E-state index contributed by atoms with van der Waals surface area (Å²) in [6, 6.07) is 7.69. The number of carbonyl (C=O) groups is 1. The van der Waals surface area contributed by atoms with Gasteiger partial charge in [0, 0.05) is 22.4 Å². The van der Waals surface area contributed by atoms with Crippen molar-refractivity contribution in [3.05, 3.63) is 40.2 Å². The smallest absolute Gasteiger partial charge is 0.159 e. The fourth-order valence-corrected chi connectivity index (χ4v) is 2.81. The number of aromatic nitrogens is 1. The SMILES string of the molecule is CC(=O)c1ccc(-c2csc(C3CC3)n2)cc1. The summed E-state index contributed by atoms with van der Waals surface area (Å²) in [5, 5.41) is 3.37. The lowest BCUT2D eigenvalue weighted by molar-refractivity contribution is 0.101. The van der Waals surface area contributed by atoms with Crippen molar-refractivity contribution in [1.29, 1.82) is 0 Å². The second-order valence-electron chi connectivity index (χ2n) is 4.48. The van der Waals surface area contributed by atoms with E-state index in [0.29, 0.717) is 5.92 Å². The van der Waals surface area contributed by atoms with Gasteiger partial charge in [-0.15, -0.1) is 11.3 Å². The van der Waals surface area contributed by atoms with Crippen LogP contribution >= 0.6 is 11.3 Å². The summed E-state index contributed by atoms with van der Waals surface area (Å²) in [5.74, 6) is 0.818. The quantitative estimate of drug-likeness (QED) is 0.765. The maximum atomic E-state index is 11.2. The summed E-state index contributed by atoms with van der Waals surface area (Å²) < 4.78 is 0. The van der Waals surface area contributed by atoms with Crippen molar-refractivity contribution in [3.63, 3.8) is 0 Å². The molecule has 0 amide bonds. The van der Waals surface area contributed by atoms with E-state index in [1.165, 1.54) is 17.8 Å². The van der Waals surface area contributed by atoms with Crippen LogP contribution in [0.1, 0.15) is 41.0 Å². The third kappa shape index (κ3) is 2.15. The first kappa shape index (κ1) is 10.7. The molecule has 0 unspecified atom stereocenters. The monoisotopic (exact) mass is 243 g/mol. The van der Waals surface area contributed by atoms with E-state index in [0.717, 1.165) is 16.8 Å². The van der Waals surface area contributed by atoms with Crippen LogP contribution in [0.4, 0.5) is 0 Å². The molecule has 0 spiro atoms. The van der Waals surface area contributed by atoms with Gasteiger partial charge in [-0.2, -0.15) is 0 Å². The van der Waals surface area contributed by atoms with Crippen LogP contribution in [-0.2, 0) is 0 Å². The van der Waals surface area contributed by atoms with Gasteiger partial charge in [-0.25, -0.2) is 4.98 Å². The van der Waals surface area contributed by atoms with E-state index in [2.05, 4.69) is 10.4 Å². The van der Waals surface area contributed by atoms with Crippen molar-refractivity contribution in [2.45, 2.75) is 25.7 Å². The fourth-order valence-electron chi connectivity index (χ4n) is 1.81. The van der Waals surface area contributed by atoms with Crippen LogP contribution in [-0.4, -0.2) is 10.8 Å². The molecule has 1 aliphatic carbocycles. The Kier molecular flexibility index (Phi) is 2.56. The largest absolute Gasteiger partial charge is 0.295 e. The molecule has 86 valence electrons. The number of thiazole rings is 1. The molecule has 1 fully saturated rings. The van der Waals surface area contributed by atoms with Crippen molar-refractivity contribution in [2.75, 3.05) is 0 Å². The van der Waals surface area contributed by atoms with E-state index >= 15 is 0 Å². The molecule has 0 aliphatic heterocycles. The van der Waals surface area contributed by atoms with E-state index in [9.17, 15) is 4.79 Å². The van der Waals surface area contributed by atoms with Gasteiger partial charge in [0.05, 0.1) is 10.7 Å². The summed E-state index contributed by atoms with van der Waals surface area (Å²) in [7, 11) is 0. The predicted molar refractivity (Wildman–Crippen MR) is 69.5 cm³/mol. The second-order valence-corrected chi connectivity index (χ2v) is 5.37. The molecule has 2 nitrogen and oxygen atoms in total. The topological polar surface area (TPSA) is 30.0 Å². The Balaban J connectivity index is 1.89. The third-order valence-corrected chi connectivity index (χ3v) is 4.04. The molecule has 2 aromatic rings. The number of rotatable bonds is 3. The molecule has 0 bridgehead atoms. The molecule has 3 heteroatoms. The number of nitrogens with zero attached hydrogens (tertiary/aromatic N) is 1. The van der Waals surface area contributed by atoms with Gasteiger partial charge in [0.2, 0.25) is 0 Å². The number of hydrogen-bond donors (Lipinski definition) is 0. The Morgan fingerprint density at radius 1 is 1.29 bits per heavy atom. The van der Waals surface area contributed by atoms with Crippen LogP contribution in [0, 0.1) is 0 Å². The highest BCUT2D eigenvalue weighted by Gasteiger charge is 2.26. The van der Waals surface area contributed by atoms with Crippen LogP contribution in [0.25, 0.3) is 11.3 Å². The normalized spacial score (nSPS) is 14.9. The summed E-state index contributed by atoms with van der Waals surface area (Å²) >= 11 is 1.75. The molecule has 0 radical (unpaired) electrons. The Bertz CT molecular complexity index is 552. The first-order valence-corrected chi connectivity index (χ1v) is 6.69. The van der Waals surface area contributed by atoms with Gasteiger partial charge in [0.1, 0.15) is 0 Å². The molecule has 1 aromatic carbocycles. The number of benzene rings is 1. The summed E-state index contributed by atoms with van der Waals surface area (Å²) in [4.78, 5) is 15.8. The van der Waals surface area contributed by atoms with E-state index in [1.54, 1.807) is 18.3 Å². The lowest BCUT2D eigenvalue weighted by atomic mass is 10.1. The third-order valence-electron chi connectivity index (χ3n) is 3.04. The zero-order valence-electron chi connectivity index (χ0n) is 9.64. The van der Waals surface area contributed by atoms with Gasteiger partial charge in [-0.3, -0.25) is 4.79 Å². The average Bonchev–Trinajstić information content (AvgIpc) is 3.07. The molecule has 1 aliphatic rings. The lowest BCUT2D eigenvalue weighted by Crippen LogP contribution is -1.90. The van der Waals surface area contributed by atoms with E-state index in [1.807, 2.05) is 24.3 Å². The van der Waals surface area contributed by atoms with Gasteiger partial charge in [0.15, 0.2) is 5.78 Å². The molecule has 0 saturated heterocycles. The highest BCUT2D eigenvalue weighted by molar-refractivity contribution is 7.10. The molecule has 17 heavy (non-hydrogen) atoms. The van der Waals surface area contributed by atoms with E-state index < -0.39 is 0 Å². The maximum absolute atomic E-state index is 11.2. The summed E-state index contributed by atoms with van der Waals surface area (Å²) in [5.41, 5.74) is 2.89. The molecule has 1 heterocycles. The minimum Gasteiger partial charge on any atom is -0.295 e. The number of hydrogen-bond acceptors (Lipinski definition) is 3. The highest BCUT2D eigenvalue weighted by atomic mass is 32.1. The summed E-state index contributed by atoms with van der Waals surface area (Å²) in [6.45, 7) is 1.59. The summed E-state index contributed by atoms with van der Waals surface area (Å²) in [6.07, 6.45) is 2.58. The Hall–Kier alpha value is -1.48. The van der Waals surface area contributed by atoms with Crippen molar-refractivity contribution in [2.24, 2.45) is 0 Å². The number of carbonyl (C=O) groups excluding carboxylic acids is 1. The van der Waals surface area contributed by atoms with Crippen molar-refractivity contribution in [3.8, 4) is 11.3 Å². The first-order valence-electron chi connectivity index (χ1n) is 5.81.